The van der Waals surface area contributed by atoms with Gasteiger partial charge in [0.1, 0.15) is 0 Å². The molecule has 35 heavy (non-hydrogen) atoms. The summed E-state index contributed by atoms with van der Waals surface area (Å²) in [5.74, 6) is -1.05. The van der Waals surface area contributed by atoms with E-state index in [0.717, 1.165) is 9.87 Å². The van der Waals surface area contributed by atoms with Crippen molar-refractivity contribution in [3.05, 3.63) is 93.5 Å². The van der Waals surface area contributed by atoms with Crippen LogP contribution in [0.2, 0.25) is 10.0 Å². The summed E-state index contributed by atoms with van der Waals surface area (Å²) in [4.78, 5) is 24.7. The highest BCUT2D eigenvalue weighted by Gasteiger charge is 2.28. The number of hydrogen-bond donors (Lipinski definition) is 1. The third-order valence-electron chi connectivity index (χ3n) is 5.05. The highest BCUT2D eigenvalue weighted by molar-refractivity contribution is 7.89. The molecule has 0 saturated heterocycles. The summed E-state index contributed by atoms with van der Waals surface area (Å²) in [5.41, 5.74) is 2.01. The van der Waals surface area contributed by atoms with Gasteiger partial charge in [0.25, 0.3) is 0 Å². The molecule has 3 aromatic rings. The number of benzene rings is 3. The Hall–Kier alpha value is -2.91. The minimum atomic E-state index is -4.07. The Morgan fingerprint density at radius 3 is 2.11 bits per heavy atom. The summed E-state index contributed by atoms with van der Waals surface area (Å²) in [7, 11) is -4.07. The van der Waals surface area contributed by atoms with Crippen LogP contribution in [0, 0.1) is 6.92 Å². The van der Waals surface area contributed by atoms with Crippen molar-refractivity contribution in [2.75, 3.05) is 18.5 Å². The van der Waals surface area contributed by atoms with E-state index in [2.05, 4.69) is 5.32 Å². The SMILES string of the molecule is CCOC(=O)c1ccc(NC(=O)CN(Cc2c(Cl)cccc2Cl)S(=O)(=O)c2ccc(C)cc2)cc1. The molecule has 0 unspecified atom stereocenters. The van der Waals surface area contributed by atoms with E-state index in [1.807, 2.05) is 6.92 Å². The second-order valence-electron chi connectivity index (χ2n) is 7.63. The van der Waals surface area contributed by atoms with E-state index in [0.29, 0.717) is 16.8 Å². The molecule has 0 aliphatic carbocycles. The van der Waals surface area contributed by atoms with E-state index in [9.17, 15) is 18.0 Å². The van der Waals surface area contributed by atoms with Gasteiger partial charge in [0.15, 0.2) is 0 Å². The smallest absolute Gasteiger partial charge is 0.338 e. The van der Waals surface area contributed by atoms with Gasteiger partial charge in [-0.15, -0.1) is 0 Å². The molecule has 3 aromatic carbocycles. The Kier molecular flexibility index (Phi) is 8.91. The summed E-state index contributed by atoms with van der Waals surface area (Å²) in [6.07, 6.45) is 0. The molecule has 0 aromatic heterocycles. The lowest BCUT2D eigenvalue weighted by atomic mass is 10.2. The van der Waals surface area contributed by atoms with E-state index in [-0.39, 0.29) is 28.1 Å². The van der Waals surface area contributed by atoms with E-state index < -0.39 is 28.4 Å². The first-order chi connectivity index (χ1) is 16.6. The number of halogens is 2. The van der Waals surface area contributed by atoms with Crippen LogP contribution in [-0.2, 0) is 26.1 Å². The van der Waals surface area contributed by atoms with Crippen LogP contribution < -0.4 is 5.32 Å². The van der Waals surface area contributed by atoms with Crippen molar-refractivity contribution in [2.45, 2.75) is 25.3 Å². The molecule has 7 nitrogen and oxygen atoms in total. The summed E-state index contributed by atoms with van der Waals surface area (Å²) in [5, 5.41) is 3.23. The van der Waals surface area contributed by atoms with E-state index in [1.54, 1.807) is 37.3 Å². The standard InChI is InChI=1S/C25H24Cl2N2O5S/c1-3-34-25(31)18-9-11-19(12-10-18)28-24(30)16-29(15-21-22(26)5-4-6-23(21)27)35(32,33)20-13-7-17(2)8-14-20/h4-14H,3,15-16H2,1-2H3,(H,28,30). The van der Waals surface area contributed by atoms with Crippen LogP contribution >= 0.6 is 23.2 Å². The molecule has 1 amide bonds. The highest BCUT2D eigenvalue weighted by atomic mass is 35.5. The fourth-order valence-electron chi connectivity index (χ4n) is 3.21. The number of esters is 1. The molecule has 10 heteroatoms. The van der Waals surface area contributed by atoms with Crippen LogP contribution in [0.15, 0.2) is 71.6 Å². The number of amides is 1. The molecule has 3 rings (SSSR count). The predicted octanol–water partition coefficient (Wildman–Crippen LogP) is 5.31. The molecule has 0 fully saturated rings. The number of carbonyl (C=O) groups excluding carboxylic acids is 2. The molecule has 1 N–H and O–H groups in total. The average molecular weight is 535 g/mol. The minimum absolute atomic E-state index is 0.0397. The predicted molar refractivity (Wildman–Crippen MR) is 136 cm³/mol. The van der Waals surface area contributed by atoms with Crippen LogP contribution in [0.25, 0.3) is 0 Å². The molecular weight excluding hydrogens is 511 g/mol. The van der Waals surface area contributed by atoms with Crippen LogP contribution in [0.5, 0.6) is 0 Å². The van der Waals surface area contributed by atoms with Gasteiger partial charge in [0.2, 0.25) is 15.9 Å². The lowest BCUT2D eigenvalue weighted by molar-refractivity contribution is -0.116. The van der Waals surface area contributed by atoms with Gasteiger partial charge in [-0.1, -0.05) is 47.0 Å². The second kappa shape index (κ2) is 11.7. The number of nitrogens with zero attached hydrogens (tertiary/aromatic N) is 1. The van der Waals surface area contributed by atoms with Crippen molar-refractivity contribution in [3.8, 4) is 0 Å². The Balaban J connectivity index is 1.85. The summed E-state index contributed by atoms with van der Waals surface area (Å²) in [6.45, 7) is 3.11. The van der Waals surface area contributed by atoms with E-state index in [1.165, 1.54) is 36.4 Å². The Labute approximate surface area is 214 Å². The van der Waals surface area contributed by atoms with Crippen LogP contribution in [-0.4, -0.2) is 37.8 Å². The molecule has 0 aliphatic heterocycles. The minimum Gasteiger partial charge on any atom is -0.462 e. The molecule has 0 bridgehead atoms. The molecule has 0 radical (unpaired) electrons. The van der Waals surface area contributed by atoms with Gasteiger partial charge >= 0.3 is 5.97 Å². The lowest BCUT2D eigenvalue weighted by Crippen LogP contribution is -2.37. The maximum Gasteiger partial charge on any atom is 0.338 e. The Bertz CT molecular complexity index is 1290. The van der Waals surface area contributed by atoms with Crippen molar-refractivity contribution < 1.29 is 22.7 Å². The van der Waals surface area contributed by atoms with Gasteiger partial charge in [0.05, 0.1) is 23.6 Å². The third-order valence-corrected chi connectivity index (χ3v) is 7.57. The number of ether oxygens (including phenoxy) is 1. The van der Waals surface area contributed by atoms with Crippen molar-refractivity contribution >= 4 is 50.8 Å². The lowest BCUT2D eigenvalue weighted by Gasteiger charge is -2.23. The Morgan fingerprint density at radius 1 is 0.943 bits per heavy atom. The van der Waals surface area contributed by atoms with Crippen LogP contribution in [0.4, 0.5) is 5.69 Å². The van der Waals surface area contributed by atoms with Crippen LogP contribution in [0.3, 0.4) is 0 Å². The molecular formula is C25H24Cl2N2O5S. The molecule has 0 saturated carbocycles. The molecule has 0 aliphatic rings. The maximum atomic E-state index is 13.4. The number of aryl methyl sites for hydroxylation is 1. The second-order valence-corrected chi connectivity index (χ2v) is 10.4. The molecule has 0 spiro atoms. The van der Waals surface area contributed by atoms with Gasteiger partial charge in [-0.3, -0.25) is 4.79 Å². The fraction of sp³-hybridized carbons (Fsp3) is 0.200. The normalized spacial score (nSPS) is 11.3. The zero-order valence-corrected chi connectivity index (χ0v) is 21.5. The molecule has 0 atom stereocenters. The zero-order valence-electron chi connectivity index (χ0n) is 19.1. The number of rotatable bonds is 9. The average Bonchev–Trinajstić information content (AvgIpc) is 2.81. The van der Waals surface area contributed by atoms with Crippen molar-refractivity contribution in [1.82, 2.24) is 4.31 Å². The first-order valence-corrected chi connectivity index (χ1v) is 12.9. The molecule has 184 valence electrons. The first-order valence-electron chi connectivity index (χ1n) is 10.7. The van der Waals surface area contributed by atoms with Gasteiger partial charge in [-0.25, -0.2) is 13.2 Å². The number of anilines is 1. The van der Waals surface area contributed by atoms with E-state index >= 15 is 0 Å². The summed E-state index contributed by atoms with van der Waals surface area (Å²) in [6, 6.07) is 17.3. The zero-order chi connectivity index (χ0) is 25.6. The first kappa shape index (κ1) is 26.7. The number of sulfonamides is 1. The van der Waals surface area contributed by atoms with Gasteiger partial charge < -0.3 is 10.1 Å². The monoisotopic (exact) mass is 534 g/mol. The van der Waals surface area contributed by atoms with Gasteiger partial charge in [-0.2, -0.15) is 4.31 Å². The van der Waals surface area contributed by atoms with Crippen LogP contribution in [0.1, 0.15) is 28.4 Å². The van der Waals surface area contributed by atoms with Crippen molar-refractivity contribution in [1.29, 1.82) is 0 Å². The fourth-order valence-corrected chi connectivity index (χ4v) is 5.09. The maximum absolute atomic E-state index is 13.4. The highest BCUT2D eigenvalue weighted by Crippen LogP contribution is 2.28. The number of carbonyl (C=O) groups is 2. The largest absolute Gasteiger partial charge is 0.462 e. The third kappa shape index (κ3) is 6.82. The summed E-state index contributed by atoms with van der Waals surface area (Å²) >= 11 is 12.6. The number of nitrogens with one attached hydrogen (secondary N) is 1. The van der Waals surface area contributed by atoms with Crippen molar-refractivity contribution in [3.63, 3.8) is 0 Å². The Morgan fingerprint density at radius 2 is 1.54 bits per heavy atom. The topological polar surface area (TPSA) is 92.8 Å². The quantitative estimate of drug-likeness (QED) is 0.375. The van der Waals surface area contributed by atoms with Gasteiger partial charge in [0, 0.05) is 27.8 Å². The summed E-state index contributed by atoms with van der Waals surface area (Å²) < 4.78 is 32.9. The van der Waals surface area contributed by atoms with Gasteiger partial charge in [-0.05, 0) is 62.4 Å². The number of hydrogen-bond acceptors (Lipinski definition) is 5. The molecule has 0 heterocycles. The van der Waals surface area contributed by atoms with E-state index in [4.69, 9.17) is 27.9 Å². The van der Waals surface area contributed by atoms with Crippen molar-refractivity contribution in [2.24, 2.45) is 0 Å².